The minimum absolute atomic E-state index is 0.488. The molecule has 0 fully saturated rings. The molecule has 0 atom stereocenters. The average Bonchev–Trinajstić information content (AvgIpc) is 2.79. The largest absolute Gasteiger partial charge is 0.429 e. The van der Waals surface area contributed by atoms with Crippen LogP contribution in [0, 0.1) is 0 Å². The summed E-state index contributed by atoms with van der Waals surface area (Å²) in [6.45, 7) is 0. The molecule has 6 heteroatoms. The summed E-state index contributed by atoms with van der Waals surface area (Å²) < 4.78 is 5.67. The number of benzene rings is 1. The first-order valence-electron chi connectivity index (χ1n) is 5.16. The molecular formula is C12H8ClN3OS. The topological polar surface area (TPSA) is 61.0 Å². The van der Waals surface area contributed by atoms with Gasteiger partial charge in [-0.15, -0.1) is 0 Å². The van der Waals surface area contributed by atoms with E-state index in [1.54, 1.807) is 24.5 Å². The molecule has 18 heavy (non-hydrogen) atoms. The Balaban J connectivity index is 2.09. The van der Waals surface area contributed by atoms with Gasteiger partial charge in [-0.3, -0.25) is 4.98 Å². The number of aromatic nitrogens is 2. The van der Waals surface area contributed by atoms with Crippen molar-refractivity contribution in [3.8, 4) is 10.9 Å². The molecule has 1 aromatic carbocycles. The van der Waals surface area contributed by atoms with Gasteiger partial charge in [0.2, 0.25) is 0 Å². The van der Waals surface area contributed by atoms with Crippen LogP contribution >= 0.6 is 22.9 Å². The SMILES string of the molecule is Nc1cnc(Oc2ccc(Cl)c3cccnc23)s1. The predicted octanol–water partition coefficient (Wildman–Crippen LogP) is 3.72. The molecule has 3 rings (SSSR count). The summed E-state index contributed by atoms with van der Waals surface area (Å²) in [4.78, 5) is 8.33. The van der Waals surface area contributed by atoms with Gasteiger partial charge < -0.3 is 10.5 Å². The summed E-state index contributed by atoms with van der Waals surface area (Å²) in [6, 6.07) is 7.28. The highest BCUT2D eigenvalue weighted by Gasteiger charge is 2.09. The number of halogens is 1. The molecule has 90 valence electrons. The molecule has 0 aliphatic carbocycles. The summed E-state index contributed by atoms with van der Waals surface area (Å²) in [5, 5.41) is 2.59. The Bertz CT molecular complexity index is 713. The number of ether oxygens (including phenoxy) is 1. The standard InChI is InChI=1S/C12H8ClN3OS/c13-8-3-4-9(11-7(8)2-1-5-15-11)17-12-16-6-10(14)18-12/h1-6H,14H2. The molecule has 2 aromatic heterocycles. The van der Waals surface area contributed by atoms with Gasteiger partial charge in [-0.05, 0) is 24.3 Å². The van der Waals surface area contributed by atoms with E-state index in [9.17, 15) is 0 Å². The first-order chi connectivity index (χ1) is 8.74. The lowest BCUT2D eigenvalue weighted by molar-refractivity contribution is 0.483. The van der Waals surface area contributed by atoms with E-state index in [0.29, 0.717) is 26.5 Å². The smallest absolute Gasteiger partial charge is 0.280 e. The van der Waals surface area contributed by atoms with Crippen molar-refractivity contribution in [2.45, 2.75) is 0 Å². The number of anilines is 1. The quantitative estimate of drug-likeness (QED) is 0.775. The van der Waals surface area contributed by atoms with Gasteiger partial charge in [0, 0.05) is 11.6 Å². The van der Waals surface area contributed by atoms with Crippen LogP contribution in [0.15, 0.2) is 36.7 Å². The molecule has 0 radical (unpaired) electrons. The van der Waals surface area contributed by atoms with Gasteiger partial charge in [-0.1, -0.05) is 22.9 Å². The number of nitrogen functional groups attached to an aromatic ring is 1. The van der Waals surface area contributed by atoms with Gasteiger partial charge in [-0.25, -0.2) is 4.98 Å². The highest BCUT2D eigenvalue weighted by molar-refractivity contribution is 7.17. The van der Waals surface area contributed by atoms with Crippen LogP contribution in [0.2, 0.25) is 5.02 Å². The zero-order chi connectivity index (χ0) is 12.5. The third kappa shape index (κ3) is 1.98. The molecule has 0 amide bonds. The van der Waals surface area contributed by atoms with Crippen molar-refractivity contribution in [1.82, 2.24) is 9.97 Å². The van der Waals surface area contributed by atoms with E-state index in [0.717, 1.165) is 5.39 Å². The van der Waals surface area contributed by atoms with Crippen molar-refractivity contribution in [3.63, 3.8) is 0 Å². The van der Waals surface area contributed by atoms with Gasteiger partial charge in [0.25, 0.3) is 5.19 Å². The summed E-state index contributed by atoms with van der Waals surface area (Å²) in [7, 11) is 0. The molecule has 0 aliphatic heterocycles. The van der Waals surface area contributed by atoms with Crippen LogP contribution in [0.5, 0.6) is 10.9 Å². The van der Waals surface area contributed by atoms with Crippen molar-refractivity contribution in [3.05, 3.63) is 41.7 Å². The zero-order valence-corrected chi connectivity index (χ0v) is 10.7. The molecule has 4 nitrogen and oxygen atoms in total. The van der Waals surface area contributed by atoms with Crippen LogP contribution in [0.1, 0.15) is 0 Å². The fourth-order valence-electron chi connectivity index (χ4n) is 1.61. The van der Waals surface area contributed by atoms with Crippen LogP contribution < -0.4 is 10.5 Å². The Morgan fingerprint density at radius 2 is 2.11 bits per heavy atom. The molecule has 2 N–H and O–H groups in total. The second-order valence-electron chi connectivity index (χ2n) is 3.58. The maximum absolute atomic E-state index is 6.11. The molecule has 0 bridgehead atoms. The van der Waals surface area contributed by atoms with Crippen molar-refractivity contribution in [2.24, 2.45) is 0 Å². The lowest BCUT2D eigenvalue weighted by Gasteiger charge is -2.06. The van der Waals surface area contributed by atoms with Crippen LogP contribution in [0.3, 0.4) is 0 Å². The van der Waals surface area contributed by atoms with Crippen molar-refractivity contribution >= 4 is 38.8 Å². The maximum Gasteiger partial charge on any atom is 0.280 e. The number of fused-ring (bicyclic) bond motifs is 1. The molecule has 0 aliphatic rings. The van der Waals surface area contributed by atoms with Gasteiger partial charge in [0.15, 0.2) is 5.75 Å². The number of thiazole rings is 1. The lowest BCUT2D eigenvalue weighted by Crippen LogP contribution is -1.87. The van der Waals surface area contributed by atoms with E-state index in [1.165, 1.54) is 11.3 Å². The molecule has 0 saturated carbocycles. The van der Waals surface area contributed by atoms with E-state index in [2.05, 4.69) is 9.97 Å². The first kappa shape index (κ1) is 11.3. The van der Waals surface area contributed by atoms with Crippen LogP contribution in [0.4, 0.5) is 5.00 Å². The molecule has 0 unspecified atom stereocenters. The summed E-state index contributed by atoms with van der Waals surface area (Å²) in [5.74, 6) is 0.615. The number of nitrogens with zero attached hydrogens (tertiary/aromatic N) is 2. The third-order valence-electron chi connectivity index (χ3n) is 2.38. The lowest BCUT2D eigenvalue weighted by atomic mass is 10.2. The van der Waals surface area contributed by atoms with Crippen molar-refractivity contribution in [1.29, 1.82) is 0 Å². The Morgan fingerprint density at radius 3 is 2.89 bits per heavy atom. The van der Waals surface area contributed by atoms with E-state index in [1.807, 2.05) is 12.1 Å². The fourth-order valence-corrected chi connectivity index (χ4v) is 2.36. The van der Waals surface area contributed by atoms with E-state index < -0.39 is 0 Å². The highest BCUT2D eigenvalue weighted by atomic mass is 35.5. The molecule has 0 spiro atoms. The Labute approximate surface area is 112 Å². The third-order valence-corrected chi connectivity index (χ3v) is 3.41. The number of hydrogen-bond acceptors (Lipinski definition) is 5. The zero-order valence-electron chi connectivity index (χ0n) is 9.13. The van der Waals surface area contributed by atoms with Crippen LogP contribution in [0.25, 0.3) is 10.9 Å². The second-order valence-corrected chi connectivity index (χ2v) is 5.01. The highest BCUT2D eigenvalue weighted by Crippen LogP contribution is 2.34. The molecule has 3 aromatic rings. The predicted molar refractivity (Wildman–Crippen MR) is 73.4 cm³/mol. The van der Waals surface area contributed by atoms with Crippen LogP contribution in [-0.4, -0.2) is 9.97 Å². The van der Waals surface area contributed by atoms with E-state index in [-0.39, 0.29) is 0 Å². The molecule has 2 heterocycles. The minimum atomic E-state index is 0.488. The Kier molecular flexibility index (Phi) is 2.77. The van der Waals surface area contributed by atoms with Gasteiger partial charge in [0.05, 0.1) is 11.2 Å². The van der Waals surface area contributed by atoms with E-state index >= 15 is 0 Å². The van der Waals surface area contributed by atoms with Gasteiger partial charge >= 0.3 is 0 Å². The van der Waals surface area contributed by atoms with Crippen LogP contribution in [-0.2, 0) is 0 Å². The summed E-state index contributed by atoms with van der Waals surface area (Å²) in [6.07, 6.45) is 3.26. The number of pyridine rings is 1. The van der Waals surface area contributed by atoms with Gasteiger partial charge in [-0.2, -0.15) is 0 Å². The van der Waals surface area contributed by atoms with Gasteiger partial charge in [0.1, 0.15) is 10.5 Å². The normalized spacial score (nSPS) is 10.7. The van der Waals surface area contributed by atoms with Crippen molar-refractivity contribution in [2.75, 3.05) is 5.73 Å². The molecule has 0 saturated heterocycles. The van der Waals surface area contributed by atoms with E-state index in [4.69, 9.17) is 22.1 Å². The first-order valence-corrected chi connectivity index (χ1v) is 6.36. The average molecular weight is 278 g/mol. The Hall–Kier alpha value is -1.85. The number of rotatable bonds is 2. The second kappa shape index (κ2) is 4.44. The summed E-state index contributed by atoms with van der Waals surface area (Å²) in [5.41, 5.74) is 6.32. The summed E-state index contributed by atoms with van der Waals surface area (Å²) >= 11 is 7.39. The number of nitrogens with two attached hydrogens (primary N) is 1. The monoisotopic (exact) mass is 277 g/mol. The van der Waals surface area contributed by atoms with Crippen molar-refractivity contribution < 1.29 is 4.74 Å². The Morgan fingerprint density at radius 1 is 1.22 bits per heavy atom. The fraction of sp³-hybridized carbons (Fsp3) is 0. The minimum Gasteiger partial charge on any atom is -0.429 e. The molecular weight excluding hydrogens is 270 g/mol. The number of hydrogen-bond donors (Lipinski definition) is 1. The maximum atomic E-state index is 6.11.